The average Bonchev–Trinajstić information content (AvgIpc) is 2.17. The molecule has 2 rings (SSSR count). The average molecular weight is 175 g/mol. The molecule has 2 aliphatic heterocycles. The van der Waals surface area contributed by atoms with Crippen molar-refractivity contribution in [1.82, 2.24) is 4.90 Å². The molecule has 0 spiro atoms. The van der Waals surface area contributed by atoms with Gasteiger partial charge in [0.2, 0.25) is 0 Å². The number of aliphatic carboxylic acids is 1. The zero-order chi connectivity index (χ0) is 9.26. The highest BCUT2D eigenvalue weighted by atomic mass is 16.4. The second kappa shape index (κ2) is 2.94. The van der Waals surface area contributed by atoms with Crippen molar-refractivity contribution >= 4 is 5.97 Å². The maximum Gasteiger partial charge on any atom is 0.330 e. The first-order valence-corrected chi connectivity index (χ1v) is 4.03. The molecule has 0 bridgehead atoms. The third-order valence-corrected chi connectivity index (χ3v) is 2.04. The number of rotatable bonds is 1. The summed E-state index contributed by atoms with van der Waals surface area (Å²) in [5.41, 5.74) is 0.914. The number of fused-ring (bicyclic) bond motifs is 1. The van der Waals surface area contributed by atoms with Crippen LogP contribution in [0.25, 0.3) is 0 Å². The minimum Gasteiger partial charge on any atom is -0.479 e. The van der Waals surface area contributed by atoms with E-state index in [4.69, 9.17) is 5.11 Å². The van der Waals surface area contributed by atoms with Crippen LogP contribution < -0.4 is 0 Å². The quantitative estimate of drug-likeness (QED) is 0.652. The Hall–Kier alpha value is -1.77. The topological polar surface area (TPSA) is 40.5 Å². The first-order valence-electron chi connectivity index (χ1n) is 4.03. The van der Waals surface area contributed by atoms with Crippen LogP contribution in [0.4, 0.5) is 0 Å². The lowest BCUT2D eigenvalue weighted by molar-refractivity contribution is -0.140. The Labute approximate surface area is 76.0 Å². The smallest absolute Gasteiger partial charge is 0.330 e. The summed E-state index contributed by atoms with van der Waals surface area (Å²) in [7, 11) is 0. The van der Waals surface area contributed by atoms with E-state index in [9.17, 15) is 4.79 Å². The summed E-state index contributed by atoms with van der Waals surface area (Å²) in [6, 6.07) is -0.568. The molecule has 0 aliphatic carbocycles. The number of allylic oxidation sites excluding steroid dienone is 5. The highest BCUT2D eigenvalue weighted by molar-refractivity contribution is 5.77. The molecule has 0 aromatic rings. The van der Waals surface area contributed by atoms with Gasteiger partial charge in [0.25, 0.3) is 0 Å². The van der Waals surface area contributed by atoms with Gasteiger partial charge >= 0.3 is 5.97 Å². The van der Waals surface area contributed by atoms with Gasteiger partial charge in [0.05, 0.1) is 0 Å². The van der Waals surface area contributed by atoms with Gasteiger partial charge in [0.15, 0.2) is 0 Å². The van der Waals surface area contributed by atoms with Crippen LogP contribution in [0, 0.1) is 0 Å². The molecule has 0 aromatic heterocycles. The van der Waals surface area contributed by atoms with Crippen molar-refractivity contribution in [1.29, 1.82) is 0 Å². The Morgan fingerprint density at radius 2 is 2.23 bits per heavy atom. The van der Waals surface area contributed by atoms with Gasteiger partial charge in [-0.05, 0) is 18.2 Å². The van der Waals surface area contributed by atoms with Crippen LogP contribution in [0.5, 0.6) is 0 Å². The van der Waals surface area contributed by atoms with Gasteiger partial charge in [-0.3, -0.25) is 0 Å². The SMILES string of the molecule is O=C(O)C1C=CC=C2C=CC=CN21. The lowest BCUT2D eigenvalue weighted by atomic mass is 10.1. The van der Waals surface area contributed by atoms with Gasteiger partial charge in [-0.1, -0.05) is 18.2 Å². The highest BCUT2D eigenvalue weighted by Gasteiger charge is 2.24. The summed E-state index contributed by atoms with van der Waals surface area (Å²) in [6.45, 7) is 0. The minimum absolute atomic E-state index is 0.568. The summed E-state index contributed by atoms with van der Waals surface area (Å²) in [5.74, 6) is -0.832. The molecule has 0 amide bonds. The van der Waals surface area contributed by atoms with Gasteiger partial charge in [-0.15, -0.1) is 0 Å². The van der Waals surface area contributed by atoms with Crippen LogP contribution in [0.3, 0.4) is 0 Å². The number of carboxylic acids is 1. The molecular formula is C10H9NO2. The summed E-state index contributed by atoms with van der Waals surface area (Å²) >= 11 is 0. The van der Waals surface area contributed by atoms with Crippen molar-refractivity contribution in [2.45, 2.75) is 6.04 Å². The Kier molecular flexibility index (Phi) is 1.77. The molecule has 66 valence electrons. The lowest BCUT2D eigenvalue weighted by Crippen LogP contribution is -2.36. The van der Waals surface area contributed by atoms with Crippen LogP contribution in [0.15, 0.2) is 48.4 Å². The summed E-state index contributed by atoms with van der Waals surface area (Å²) in [4.78, 5) is 12.6. The molecule has 0 radical (unpaired) electrons. The fourth-order valence-corrected chi connectivity index (χ4v) is 1.42. The first kappa shape index (κ1) is 7.86. The first-order chi connectivity index (χ1) is 6.29. The van der Waals surface area contributed by atoms with Crippen LogP contribution in [-0.2, 0) is 4.79 Å². The second-order valence-electron chi connectivity index (χ2n) is 2.87. The van der Waals surface area contributed by atoms with E-state index in [-0.39, 0.29) is 0 Å². The van der Waals surface area contributed by atoms with E-state index in [1.54, 1.807) is 23.3 Å². The molecule has 1 unspecified atom stereocenters. The zero-order valence-corrected chi connectivity index (χ0v) is 6.92. The number of carboxylic acid groups (broad SMARTS) is 1. The van der Waals surface area contributed by atoms with Gasteiger partial charge in [-0.25, -0.2) is 4.79 Å². The summed E-state index contributed by atoms with van der Waals surface area (Å²) in [6.07, 6.45) is 12.7. The van der Waals surface area contributed by atoms with Crippen molar-refractivity contribution in [3.63, 3.8) is 0 Å². The maximum absolute atomic E-state index is 10.8. The molecule has 3 nitrogen and oxygen atoms in total. The van der Waals surface area contributed by atoms with Gasteiger partial charge in [0, 0.05) is 11.9 Å². The molecule has 0 aromatic carbocycles. The minimum atomic E-state index is -0.832. The molecule has 1 N–H and O–H groups in total. The Morgan fingerprint density at radius 1 is 1.38 bits per heavy atom. The van der Waals surface area contributed by atoms with E-state index in [1.807, 2.05) is 24.3 Å². The van der Waals surface area contributed by atoms with E-state index in [2.05, 4.69) is 0 Å². The molecule has 0 saturated heterocycles. The molecule has 0 saturated carbocycles. The molecule has 2 aliphatic rings. The van der Waals surface area contributed by atoms with Crippen molar-refractivity contribution < 1.29 is 9.90 Å². The van der Waals surface area contributed by atoms with Crippen molar-refractivity contribution in [3.05, 3.63) is 48.4 Å². The fourth-order valence-electron chi connectivity index (χ4n) is 1.42. The van der Waals surface area contributed by atoms with E-state index in [1.165, 1.54) is 0 Å². The van der Waals surface area contributed by atoms with E-state index in [0.717, 1.165) is 5.70 Å². The predicted octanol–water partition coefficient (Wildman–Crippen LogP) is 1.28. The Bertz CT molecular complexity index is 350. The molecule has 2 heterocycles. The van der Waals surface area contributed by atoms with E-state index >= 15 is 0 Å². The van der Waals surface area contributed by atoms with Crippen LogP contribution in [-0.4, -0.2) is 22.0 Å². The monoisotopic (exact) mass is 175 g/mol. The number of hydrogen-bond donors (Lipinski definition) is 1. The third-order valence-electron chi connectivity index (χ3n) is 2.04. The number of nitrogens with zero attached hydrogens (tertiary/aromatic N) is 1. The zero-order valence-electron chi connectivity index (χ0n) is 6.92. The molecule has 13 heavy (non-hydrogen) atoms. The number of hydrogen-bond acceptors (Lipinski definition) is 2. The fraction of sp³-hybridized carbons (Fsp3) is 0.100. The van der Waals surface area contributed by atoms with Gasteiger partial charge < -0.3 is 10.0 Å². The van der Waals surface area contributed by atoms with Crippen LogP contribution >= 0.6 is 0 Å². The van der Waals surface area contributed by atoms with Crippen LogP contribution in [0.2, 0.25) is 0 Å². The van der Waals surface area contributed by atoms with Crippen molar-refractivity contribution in [3.8, 4) is 0 Å². The molecule has 0 fully saturated rings. The Morgan fingerprint density at radius 3 is 3.00 bits per heavy atom. The largest absolute Gasteiger partial charge is 0.479 e. The van der Waals surface area contributed by atoms with Crippen molar-refractivity contribution in [2.24, 2.45) is 0 Å². The van der Waals surface area contributed by atoms with E-state index < -0.39 is 12.0 Å². The number of carbonyl (C=O) groups is 1. The summed E-state index contributed by atoms with van der Waals surface area (Å²) < 4.78 is 0. The normalized spacial score (nSPS) is 24.2. The second-order valence-corrected chi connectivity index (χ2v) is 2.87. The standard InChI is InChI=1S/C10H9NO2/c12-10(13)9-6-3-5-8-4-1-2-7-11(8)9/h1-7,9H,(H,12,13). The van der Waals surface area contributed by atoms with Crippen LogP contribution in [0.1, 0.15) is 0 Å². The van der Waals surface area contributed by atoms with Gasteiger partial charge in [0.1, 0.15) is 6.04 Å². The van der Waals surface area contributed by atoms with E-state index in [0.29, 0.717) is 0 Å². The predicted molar refractivity (Wildman–Crippen MR) is 48.8 cm³/mol. The van der Waals surface area contributed by atoms with Crippen molar-refractivity contribution in [2.75, 3.05) is 0 Å². The maximum atomic E-state index is 10.8. The van der Waals surface area contributed by atoms with Gasteiger partial charge in [-0.2, -0.15) is 0 Å². The lowest BCUT2D eigenvalue weighted by Gasteiger charge is -2.29. The highest BCUT2D eigenvalue weighted by Crippen LogP contribution is 2.20. The summed E-state index contributed by atoms with van der Waals surface area (Å²) in [5, 5.41) is 8.90. The molecule has 1 atom stereocenters. The molecule has 3 heteroatoms. The molecular weight excluding hydrogens is 166 g/mol. The third kappa shape index (κ3) is 1.28. The Balaban J connectivity index is 2.33.